The average Bonchev–Trinajstić information content (AvgIpc) is 2.68. The maximum atomic E-state index is 12.8. The summed E-state index contributed by atoms with van der Waals surface area (Å²) in [5.74, 6) is 0.463. The molecule has 26 heavy (non-hydrogen) atoms. The Morgan fingerprint density at radius 1 is 1.00 bits per heavy atom. The van der Waals surface area contributed by atoms with Gasteiger partial charge in [-0.05, 0) is 23.8 Å². The van der Waals surface area contributed by atoms with Gasteiger partial charge in [-0.25, -0.2) is 0 Å². The highest BCUT2D eigenvalue weighted by atomic mass is 35.5. The first-order valence-electron chi connectivity index (χ1n) is 8.53. The molecule has 0 aliphatic carbocycles. The Morgan fingerprint density at radius 2 is 1.65 bits per heavy atom. The first-order chi connectivity index (χ1) is 12.6. The van der Waals surface area contributed by atoms with E-state index in [4.69, 9.17) is 16.3 Å². The molecule has 1 heterocycles. The van der Waals surface area contributed by atoms with E-state index >= 15 is 0 Å². The van der Waals surface area contributed by atoms with Gasteiger partial charge in [0.15, 0.2) is 0 Å². The standard InChI is InChI=1S/C20H21ClN2O3/c1-26-18-8-7-16(21)14-17(18)20(25)23-11-9-22(10-12-23)19(24)13-15-5-3-2-4-6-15/h2-8,14H,9-13H2,1H3. The molecule has 5 nitrogen and oxygen atoms in total. The zero-order chi connectivity index (χ0) is 18.5. The van der Waals surface area contributed by atoms with Crippen LogP contribution in [0.5, 0.6) is 5.75 Å². The number of carbonyl (C=O) groups is 2. The number of nitrogens with zero attached hydrogens (tertiary/aromatic N) is 2. The minimum Gasteiger partial charge on any atom is -0.496 e. The third kappa shape index (κ3) is 4.17. The fourth-order valence-corrected chi connectivity index (χ4v) is 3.23. The SMILES string of the molecule is COc1ccc(Cl)cc1C(=O)N1CCN(C(=O)Cc2ccccc2)CC1. The van der Waals surface area contributed by atoms with Crippen LogP contribution < -0.4 is 4.74 Å². The molecule has 1 aliphatic rings. The van der Waals surface area contributed by atoms with E-state index in [-0.39, 0.29) is 11.8 Å². The summed E-state index contributed by atoms with van der Waals surface area (Å²) < 4.78 is 5.27. The summed E-state index contributed by atoms with van der Waals surface area (Å²) in [6.45, 7) is 2.05. The number of benzene rings is 2. The normalized spacial score (nSPS) is 14.2. The number of rotatable bonds is 4. The van der Waals surface area contributed by atoms with Gasteiger partial charge in [0, 0.05) is 31.2 Å². The van der Waals surface area contributed by atoms with E-state index < -0.39 is 0 Å². The van der Waals surface area contributed by atoms with Crippen LogP contribution >= 0.6 is 11.6 Å². The molecule has 0 N–H and O–H groups in total. The van der Waals surface area contributed by atoms with Crippen molar-refractivity contribution >= 4 is 23.4 Å². The Bertz CT molecular complexity index is 787. The molecule has 0 atom stereocenters. The van der Waals surface area contributed by atoms with Crippen molar-refractivity contribution in [3.63, 3.8) is 0 Å². The Balaban J connectivity index is 1.60. The lowest BCUT2D eigenvalue weighted by Gasteiger charge is -2.35. The topological polar surface area (TPSA) is 49.9 Å². The fraction of sp³-hybridized carbons (Fsp3) is 0.300. The smallest absolute Gasteiger partial charge is 0.257 e. The van der Waals surface area contributed by atoms with Crippen molar-refractivity contribution < 1.29 is 14.3 Å². The summed E-state index contributed by atoms with van der Waals surface area (Å²) in [4.78, 5) is 28.8. The minimum atomic E-state index is -0.125. The van der Waals surface area contributed by atoms with Crippen LogP contribution in [-0.2, 0) is 11.2 Å². The summed E-state index contributed by atoms with van der Waals surface area (Å²) in [6.07, 6.45) is 0.386. The van der Waals surface area contributed by atoms with Crippen molar-refractivity contribution in [1.82, 2.24) is 9.80 Å². The van der Waals surface area contributed by atoms with Gasteiger partial charge >= 0.3 is 0 Å². The van der Waals surface area contributed by atoms with Gasteiger partial charge in [0.25, 0.3) is 5.91 Å². The lowest BCUT2D eigenvalue weighted by Crippen LogP contribution is -2.51. The molecule has 1 saturated heterocycles. The second-order valence-electron chi connectivity index (χ2n) is 6.18. The predicted molar refractivity (Wildman–Crippen MR) is 101 cm³/mol. The molecular formula is C20H21ClN2O3. The summed E-state index contributed by atoms with van der Waals surface area (Å²) in [5.41, 5.74) is 1.45. The van der Waals surface area contributed by atoms with E-state index in [1.54, 1.807) is 23.1 Å². The van der Waals surface area contributed by atoms with E-state index in [0.717, 1.165) is 5.56 Å². The molecule has 0 radical (unpaired) electrons. The highest BCUT2D eigenvalue weighted by molar-refractivity contribution is 6.31. The van der Waals surface area contributed by atoms with Crippen LogP contribution in [0.4, 0.5) is 0 Å². The summed E-state index contributed by atoms with van der Waals surface area (Å²) >= 11 is 6.02. The number of methoxy groups -OCH3 is 1. The van der Waals surface area contributed by atoms with Crippen molar-refractivity contribution in [1.29, 1.82) is 0 Å². The molecule has 3 rings (SSSR count). The number of carbonyl (C=O) groups excluding carboxylic acids is 2. The monoisotopic (exact) mass is 372 g/mol. The zero-order valence-corrected chi connectivity index (χ0v) is 15.4. The zero-order valence-electron chi connectivity index (χ0n) is 14.7. The molecule has 6 heteroatoms. The largest absolute Gasteiger partial charge is 0.496 e. The van der Waals surface area contributed by atoms with Crippen LogP contribution in [-0.4, -0.2) is 54.9 Å². The Kier molecular flexibility index (Phi) is 5.78. The van der Waals surface area contributed by atoms with Crippen molar-refractivity contribution in [2.24, 2.45) is 0 Å². The summed E-state index contributed by atoms with van der Waals surface area (Å²) in [6, 6.07) is 14.7. The molecule has 0 aromatic heterocycles. The highest BCUT2D eigenvalue weighted by Gasteiger charge is 2.26. The van der Waals surface area contributed by atoms with E-state index in [1.807, 2.05) is 35.2 Å². The van der Waals surface area contributed by atoms with Gasteiger partial charge in [0.05, 0.1) is 19.1 Å². The molecule has 2 aromatic carbocycles. The van der Waals surface area contributed by atoms with E-state index in [0.29, 0.717) is 48.9 Å². The van der Waals surface area contributed by atoms with Crippen molar-refractivity contribution in [3.05, 3.63) is 64.7 Å². The lowest BCUT2D eigenvalue weighted by atomic mass is 10.1. The molecule has 0 saturated carbocycles. The van der Waals surface area contributed by atoms with E-state index in [9.17, 15) is 9.59 Å². The van der Waals surface area contributed by atoms with Crippen LogP contribution in [0.2, 0.25) is 5.02 Å². The lowest BCUT2D eigenvalue weighted by molar-refractivity contribution is -0.131. The van der Waals surface area contributed by atoms with Crippen LogP contribution in [0.15, 0.2) is 48.5 Å². The van der Waals surface area contributed by atoms with Gasteiger partial charge in [0.2, 0.25) is 5.91 Å². The first kappa shape index (κ1) is 18.3. The molecule has 0 spiro atoms. The van der Waals surface area contributed by atoms with Crippen LogP contribution in [0, 0.1) is 0 Å². The molecular weight excluding hydrogens is 352 g/mol. The maximum Gasteiger partial charge on any atom is 0.257 e. The fourth-order valence-electron chi connectivity index (χ4n) is 3.06. The van der Waals surface area contributed by atoms with Crippen molar-refractivity contribution in [2.75, 3.05) is 33.3 Å². The molecule has 2 amide bonds. The second kappa shape index (κ2) is 8.23. The van der Waals surface area contributed by atoms with E-state index in [1.165, 1.54) is 7.11 Å². The molecule has 2 aromatic rings. The molecule has 1 fully saturated rings. The Morgan fingerprint density at radius 3 is 2.31 bits per heavy atom. The summed E-state index contributed by atoms with van der Waals surface area (Å²) in [5, 5.41) is 0.492. The van der Waals surface area contributed by atoms with Crippen LogP contribution in [0.25, 0.3) is 0 Å². The summed E-state index contributed by atoms with van der Waals surface area (Å²) in [7, 11) is 1.53. The minimum absolute atomic E-state index is 0.0867. The Labute approximate surface area is 158 Å². The number of hydrogen-bond donors (Lipinski definition) is 0. The van der Waals surface area contributed by atoms with Gasteiger partial charge in [0.1, 0.15) is 5.75 Å². The molecule has 1 aliphatic heterocycles. The van der Waals surface area contributed by atoms with Gasteiger partial charge < -0.3 is 14.5 Å². The predicted octanol–water partition coefficient (Wildman–Crippen LogP) is 2.88. The Hall–Kier alpha value is -2.53. The van der Waals surface area contributed by atoms with E-state index in [2.05, 4.69) is 0 Å². The number of ether oxygens (including phenoxy) is 1. The number of amides is 2. The number of piperazine rings is 1. The molecule has 136 valence electrons. The van der Waals surface area contributed by atoms with Gasteiger partial charge in [-0.1, -0.05) is 41.9 Å². The van der Waals surface area contributed by atoms with Gasteiger partial charge in [-0.3, -0.25) is 9.59 Å². The third-order valence-corrected chi connectivity index (χ3v) is 4.74. The van der Waals surface area contributed by atoms with Crippen molar-refractivity contribution in [2.45, 2.75) is 6.42 Å². The molecule has 0 unspecified atom stereocenters. The highest BCUT2D eigenvalue weighted by Crippen LogP contribution is 2.24. The first-order valence-corrected chi connectivity index (χ1v) is 8.91. The number of halogens is 1. The third-order valence-electron chi connectivity index (χ3n) is 4.51. The van der Waals surface area contributed by atoms with Crippen LogP contribution in [0.1, 0.15) is 15.9 Å². The molecule has 0 bridgehead atoms. The van der Waals surface area contributed by atoms with Crippen molar-refractivity contribution in [3.8, 4) is 5.75 Å². The average molecular weight is 373 g/mol. The maximum absolute atomic E-state index is 12.8. The van der Waals surface area contributed by atoms with Crippen LogP contribution in [0.3, 0.4) is 0 Å². The number of hydrogen-bond acceptors (Lipinski definition) is 3. The quantitative estimate of drug-likeness (QED) is 0.829. The van der Waals surface area contributed by atoms with Gasteiger partial charge in [-0.15, -0.1) is 0 Å². The van der Waals surface area contributed by atoms with Gasteiger partial charge in [-0.2, -0.15) is 0 Å². The second-order valence-corrected chi connectivity index (χ2v) is 6.62.